The number of anilines is 1. The van der Waals surface area contributed by atoms with Crippen LogP contribution in [-0.2, 0) is 4.79 Å². The molecule has 3 N–H and O–H groups in total. The molecule has 146 valence electrons. The maximum atomic E-state index is 12.1. The molecular weight excluding hydrogens is 436 g/mol. The lowest BCUT2D eigenvalue weighted by Gasteiger charge is -2.28. The molecule has 0 radical (unpaired) electrons. The molecule has 1 atom stereocenters. The first-order chi connectivity index (χ1) is 12.2. The van der Waals surface area contributed by atoms with Gasteiger partial charge in [-0.15, -0.1) is 0 Å². The van der Waals surface area contributed by atoms with Crippen molar-refractivity contribution < 1.29 is 4.79 Å². The number of hydrogen-bond acceptors (Lipinski definition) is 2. The number of benzene rings is 1. The van der Waals surface area contributed by atoms with Crippen molar-refractivity contribution in [1.82, 2.24) is 10.6 Å². The van der Waals surface area contributed by atoms with E-state index in [1.165, 1.54) is 6.42 Å². The van der Waals surface area contributed by atoms with Crippen LogP contribution in [0.15, 0.2) is 24.3 Å². The number of carbonyl (C=O) groups is 1. The highest BCUT2D eigenvalue weighted by molar-refractivity contribution is 7.80. The highest BCUT2D eigenvalue weighted by atomic mass is 35.6. The lowest BCUT2D eigenvalue weighted by Crippen LogP contribution is -2.56. The number of alkyl halides is 3. The van der Waals surface area contributed by atoms with Crippen LogP contribution in [0.1, 0.15) is 45.4 Å². The van der Waals surface area contributed by atoms with Crippen molar-refractivity contribution in [2.45, 2.75) is 55.4 Å². The third-order valence-corrected chi connectivity index (χ3v) is 4.74. The zero-order valence-corrected chi connectivity index (χ0v) is 18.3. The second kappa shape index (κ2) is 12.1. The summed E-state index contributed by atoms with van der Waals surface area (Å²) in [4.78, 5) is 12.1. The molecular formula is C17H23Cl4N3OS. The van der Waals surface area contributed by atoms with Crippen LogP contribution in [0.2, 0.25) is 5.02 Å². The summed E-state index contributed by atoms with van der Waals surface area (Å²) in [5.41, 5.74) is 0.608. The van der Waals surface area contributed by atoms with Crippen molar-refractivity contribution in [3.63, 3.8) is 0 Å². The maximum Gasteiger partial charge on any atom is 0.228 e. The Kier molecular flexibility index (Phi) is 11.0. The SMILES string of the molecule is CCCCCCCC(=O)NC(NC(=S)Nc1ccccc1Cl)C(Cl)(Cl)Cl. The second-order valence-electron chi connectivity index (χ2n) is 5.78. The Bertz CT molecular complexity index is 596. The van der Waals surface area contributed by atoms with Crippen LogP contribution in [0, 0.1) is 0 Å². The molecule has 1 unspecified atom stereocenters. The summed E-state index contributed by atoms with van der Waals surface area (Å²) < 4.78 is -1.77. The summed E-state index contributed by atoms with van der Waals surface area (Å²) in [6.45, 7) is 2.14. The van der Waals surface area contributed by atoms with Gasteiger partial charge in [-0.05, 0) is 30.8 Å². The topological polar surface area (TPSA) is 53.2 Å². The molecule has 1 amide bonds. The van der Waals surface area contributed by atoms with Crippen LogP contribution < -0.4 is 16.0 Å². The van der Waals surface area contributed by atoms with Crippen molar-refractivity contribution in [1.29, 1.82) is 0 Å². The monoisotopic (exact) mass is 457 g/mol. The van der Waals surface area contributed by atoms with E-state index in [0.29, 0.717) is 17.1 Å². The summed E-state index contributed by atoms with van der Waals surface area (Å²) in [7, 11) is 0. The van der Waals surface area contributed by atoms with Crippen molar-refractivity contribution in [3.8, 4) is 0 Å². The molecule has 0 saturated carbocycles. The first kappa shape index (κ1) is 23.6. The van der Waals surface area contributed by atoms with Crippen LogP contribution in [0.3, 0.4) is 0 Å². The minimum absolute atomic E-state index is 0.178. The van der Waals surface area contributed by atoms with E-state index in [-0.39, 0.29) is 11.0 Å². The summed E-state index contributed by atoms with van der Waals surface area (Å²) in [5, 5.41) is 9.07. The first-order valence-corrected chi connectivity index (χ1v) is 10.3. The smallest absolute Gasteiger partial charge is 0.228 e. The Morgan fingerprint density at radius 1 is 1.12 bits per heavy atom. The molecule has 26 heavy (non-hydrogen) atoms. The average molecular weight is 459 g/mol. The van der Waals surface area contributed by atoms with E-state index in [0.717, 1.165) is 25.7 Å². The lowest BCUT2D eigenvalue weighted by molar-refractivity contribution is -0.122. The predicted octanol–water partition coefficient (Wildman–Crippen LogP) is 5.80. The minimum atomic E-state index is -1.77. The van der Waals surface area contributed by atoms with Gasteiger partial charge in [0.25, 0.3) is 0 Å². The molecule has 0 saturated heterocycles. The normalized spacial score (nSPS) is 12.3. The quantitative estimate of drug-likeness (QED) is 0.189. The summed E-state index contributed by atoms with van der Waals surface area (Å²) in [6.07, 6.45) is 4.62. The van der Waals surface area contributed by atoms with E-state index in [1.54, 1.807) is 18.2 Å². The van der Waals surface area contributed by atoms with Crippen LogP contribution in [0.25, 0.3) is 0 Å². The Morgan fingerprint density at radius 3 is 2.38 bits per heavy atom. The van der Waals surface area contributed by atoms with Crippen LogP contribution in [0.5, 0.6) is 0 Å². The highest BCUT2D eigenvalue weighted by Gasteiger charge is 2.34. The molecule has 0 spiro atoms. The second-order valence-corrected chi connectivity index (χ2v) is 8.97. The Hall–Kier alpha value is -0.460. The zero-order valence-electron chi connectivity index (χ0n) is 14.5. The molecule has 0 aliphatic rings. The van der Waals surface area contributed by atoms with Gasteiger partial charge in [0.05, 0.1) is 10.7 Å². The van der Waals surface area contributed by atoms with Crippen LogP contribution >= 0.6 is 58.6 Å². The number of nitrogens with one attached hydrogen (secondary N) is 3. The summed E-state index contributed by atoms with van der Waals surface area (Å²) in [5.74, 6) is -0.203. The molecule has 9 heteroatoms. The number of amides is 1. The predicted molar refractivity (Wildman–Crippen MR) is 116 cm³/mol. The number of unbranched alkanes of at least 4 members (excludes halogenated alkanes) is 4. The molecule has 4 nitrogen and oxygen atoms in total. The standard InChI is InChI=1S/C17H23Cl4N3OS/c1-2-3-4-5-6-11-14(25)23-15(17(19,20)21)24-16(26)22-13-10-8-7-9-12(13)18/h7-10,15H,2-6,11H2,1H3,(H,23,25)(H2,22,24,26). The number of thiocarbonyl (C=S) groups is 1. The van der Waals surface area contributed by atoms with Crippen molar-refractivity contribution in [3.05, 3.63) is 29.3 Å². The molecule has 1 aromatic rings. The van der Waals surface area contributed by atoms with E-state index < -0.39 is 9.96 Å². The van der Waals surface area contributed by atoms with Gasteiger partial charge in [-0.2, -0.15) is 0 Å². The number of para-hydroxylation sites is 1. The third kappa shape index (κ3) is 9.47. The molecule has 0 fully saturated rings. The van der Waals surface area contributed by atoms with Crippen molar-refractivity contribution in [2.24, 2.45) is 0 Å². The third-order valence-electron chi connectivity index (χ3n) is 3.54. The molecule has 0 aliphatic carbocycles. The van der Waals surface area contributed by atoms with Gasteiger partial charge in [0.15, 0.2) is 5.11 Å². The largest absolute Gasteiger partial charge is 0.339 e. The molecule has 0 aromatic heterocycles. The van der Waals surface area contributed by atoms with Gasteiger partial charge in [0.1, 0.15) is 6.17 Å². The molecule has 0 bridgehead atoms. The van der Waals surface area contributed by atoms with Gasteiger partial charge in [0.2, 0.25) is 9.70 Å². The maximum absolute atomic E-state index is 12.1. The highest BCUT2D eigenvalue weighted by Crippen LogP contribution is 2.29. The first-order valence-electron chi connectivity index (χ1n) is 8.42. The van der Waals surface area contributed by atoms with E-state index in [2.05, 4.69) is 22.9 Å². The van der Waals surface area contributed by atoms with Gasteiger partial charge in [-0.25, -0.2) is 0 Å². The molecule has 1 rings (SSSR count). The molecule has 0 heterocycles. The zero-order chi connectivity index (χ0) is 19.6. The average Bonchev–Trinajstić information content (AvgIpc) is 2.55. The fourth-order valence-corrected chi connectivity index (χ4v) is 2.91. The van der Waals surface area contributed by atoms with Crippen LogP contribution in [0.4, 0.5) is 5.69 Å². The number of rotatable bonds is 9. The Labute approximate surface area is 180 Å². The van der Waals surface area contributed by atoms with Crippen molar-refractivity contribution >= 4 is 75.3 Å². The summed E-state index contributed by atoms with van der Waals surface area (Å²) in [6, 6.07) is 7.09. The van der Waals surface area contributed by atoms with Gasteiger partial charge in [0, 0.05) is 6.42 Å². The summed E-state index contributed by atoms with van der Waals surface area (Å²) >= 11 is 29.2. The Balaban J connectivity index is 2.54. The van der Waals surface area contributed by atoms with Gasteiger partial charge in [-0.3, -0.25) is 4.79 Å². The van der Waals surface area contributed by atoms with E-state index >= 15 is 0 Å². The van der Waals surface area contributed by atoms with Gasteiger partial charge >= 0.3 is 0 Å². The van der Waals surface area contributed by atoms with Crippen LogP contribution in [-0.4, -0.2) is 21.0 Å². The number of halogens is 4. The fraction of sp³-hybridized carbons (Fsp3) is 0.529. The van der Waals surface area contributed by atoms with Gasteiger partial charge in [-0.1, -0.05) is 91.1 Å². The minimum Gasteiger partial charge on any atom is -0.339 e. The van der Waals surface area contributed by atoms with E-state index in [1.807, 2.05) is 6.07 Å². The van der Waals surface area contributed by atoms with Crippen molar-refractivity contribution in [2.75, 3.05) is 5.32 Å². The number of hydrogen-bond donors (Lipinski definition) is 3. The molecule has 1 aromatic carbocycles. The Morgan fingerprint density at radius 2 is 1.77 bits per heavy atom. The van der Waals surface area contributed by atoms with Gasteiger partial charge < -0.3 is 16.0 Å². The fourth-order valence-electron chi connectivity index (χ4n) is 2.17. The molecule has 0 aliphatic heterocycles. The van der Waals surface area contributed by atoms with E-state index in [9.17, 15) is 4.79 Å². The lowest BCUT2D eigenvalue weighted by atomic mass is 10.1. The number of carbonyl (C=O) groups excluding carboxylic acids is 1. The van der Waals surface area contributed by atoms with E-state index in [4.69, 9.17) is 58.6 Å².